The molecule has 0 spiro atoms. The molecule has 1 fully saturated rings. The van der Waals surface area contributed by atoms with E-state index in [1.54, 1.807) is 0 Å². The maximum Gasteiger partial charge on any atom is 0.328 e. The van der Waals surface area contributed by atoms with Gasteiger partial charge in [0.05, 0.1) is 6.10 Å². The molecule has 1 rings (SSSR count). The second kappa shape index (κ2) is 4.93. The summed E-state index contributed by atoms with van der Waals surface area (Å²) < 4.78 is 0. The van der Waals surface area contributed by atoms with E-state index in [-0.39, 0.29) is 18.5 Å². The second-order valence-electron chi connectivity index (χ2n) is 3.74. The van der Waals surface area contributed by atoms with Crippen molar-refractivity contribution >= 4 is 11.9 Å². The van der Waals surface area contributed by atoms with Crippen molar-refractivity contribution in [3.05, 3.63) is 12.2 Å². The summed E-state index contributed by atoms with van der Waals surface area (Å²) >= 11 is 0. The highest BCUT2D eigenvalue weighted by Crippen LogP contribution is 2.17. The molecule has 84 valence electrons. The minimum atomic E-state index is -1.14. The quantitative estimate of drug-likeness (QED) is 0.633. The molecule has 1 heterocycles. The van der Waals surface area contributed by atoms with Crippen molar-refractivity contribution in [2.75, 3.05) is 6.54 Å². The highest BCUT2D eigenvalue weighted by molar-refractivity contribution is 5.94. The number of β-amino-alcohol motifs (C(OH)–C–C–N with tert-alkyl or cyclic N) is 1. The highest BCUT2D eigenvalue weighted by Gasteiger charge is 2.26. The van der Waals surface area contributed by atoms with Crippen molar-refractivity contribution in [3.8, 4) is 0 Å². The van der Waals surface area contributed by atoms with E-state index in [1.807, 2.05) is 6.92 Å². The zero-order chi connectivity index (χ0) is 11.4. The van der Waals surface area contributed by atoms with E-state index in [9.17, 15) is 14.7 Å². The first-order valence-electron chi connectivity index (χ1n) is 4.90. The maximum atomic E-state index is 11.5. The van der Waals surface area contributed by atoms with Crippen LogP contribution < -0.4 is 0 Å². The lowest BCUT2D eigenvalue weighted by Crippen LogP contribution is -2.46. The molecule has 0 aromatic heterocycles. The average molecular weight is 213 g/mol. The van der Waals surface area contributed by atoms with Gasteiger partial charge in [0, 0.05) is 24.7 Å². The summed E-state index contributed by atoms with van der Waals surface area (Å²) in [5.41, 5.74) is 0. The minimum Gasteiger partial charge on any atom is -0.478 e. The Morgan fingerprint density at radius 1 is 1.33 bits per heavy atom. The van der Waals surface area contributed by atoms with Crippen LogP contribution in [0.2, 0.25) is 0 Å². The number of carbonyl (C=O) groups is 2. The third-order valence-electron chi connectivity index (χ3n) is 2.51. The van der Waals surface area contributed by atoms with Gasteiger partial charge >= 0.3 is 5.97 Å². The predicted octanol–water partition coefficient (Wildman–Crippen LogP) is -0.00100. The molecule has 2 unspecified atom stereocenters. The Hall–Kier alpha value is -1.36. The molecule has 2 atom stereocenters. The Morgan fingerprint density at radius 2 is 2.00 bits per heavy atom. The number of aliphatic hydroxyl groups excluding tert-OH is 1. The van der Waals surface area contributed by atoms with Gasteiger partial charge in [0.25, 0.3) is 0 Å². The third kappa shape index (κ3) is 3.36. The fourth-order valence-electron chi connectivity index (χ4n) is 1.63. The van der Waals surface area contributed by atoms with Gasteiger partial charge in [-0.2, -0.15) is 0 Å². The number of hydrogen-bond acceptors (Lipinski definition) is 3. The van der Waals surface area contributed by atoms with Gasteiger partial charge in [-0.05, 0) is 19.8 Å². The topological polar surface area (TPSA) is 77.8 Å². The molecule has 15 heavy (non-hydrogen) atoms. The van der Waals surface area contributed by atoms with E-state index < -0.39 is 12.1 Å². The SMILES string of the molecule is CC1CCC(O)CN1C(=O)/C=C/C(=O)O. The molecular weight excluding hydrogens is 198 g/mol. The summed E-state index contributed by atoms with van der Waals surface area (Å²) in [6, 6.07) is 0.0549. The van der Waals surface area contributed by atoms with E-state index in [0.29, 0.717) is 6.42 Å². The Bertz CT molecular complexity index is 287. The van der Waals surface area contributed by atoms with Gasteiger partial charge in [-0.15, -0.1) is 0 Å². The number of rotatable bonds is 2. The summed E-state index contributed by atoms with van der Waals surface area (Å²) in [4.78, 5) is 23.2. The zero-order valence-corrected chi connectivity index (χ0v) is 8.59. The number of amides is 1. The Kier molecular flexibility index (Phi) is 3.85. The smallest absolute Gasteiger partial charge is 0.328 e. The van der Waals surface area contributed by atoms with Crippen LogP contribution in [0.4, 0.5) is 0 Å². The van der Waals surface area contributed by atoms with E-state index in [4.69, 9.17) is 5.11 Å². The number of carboxylic acid groups (broad SMARTS) is 1. The van der Waals surface area contributed by atoms with Crippen LogP contribution in [0.15, 0.2) is 12.2 Å². The molecule has 0 aliphatic carbocycles. The van der Waals surface area contributed by atoms with Crippen molar-refractivity contribution in [2.45, 2.75) is 31.9 Å². The van der Waals surface area contributed by atoms with E-state index in [1.165, 1.54) is 4.90 Å². The molecule has 0 aromatic carbocycles. The van der Waals surface area contributed by atoms with Crippen LogP contribution in [0, 0.1) is 0 Å². The van der Waals surface area contributed by atoms with Crippen molar-refractivity contribution in [2.24, 2.45) is 0 Å². The summed E-state index contributed by atoms with van der Waals surface area (Å²) in [6.07, 6.45) is 2.78. The minimum absolute atomic E-state index is 0.0549. The largest absolute Gasteiger partial charge is 0.478 e. The van der Waals surface area contributed by atoms with Crippen molar-refractivity contribution in [1.29, 1.82) is 0 Å². The van der Waals surface area contributed by atoms with Gasteiger partial charge in [-0.3, -0.25) is 4.79 Å². The number of carbonyl (C=O) groups excluding carboxylic acids is 1. The summed E-state index contributed by atoms with van der Waals surface area (Å²) in [6.45, 7) is 2.17. The molecule has 2 N–H and O–H groups in total. The summed E-state index contributed by atoms with van der Waals surface area (Å²) in [5, 5.41) is 17.8. The molecule has 5 heteroatoms. The van der Waals surface area contributed by atoms with Crippen LogP contribution in [0.1, 0.15) is 19.8 Å². The van der Waals surface area contributed by atoms with Crippen molar-refractivity contribution in [1.82, 2.24) is 4.90 Å². The maximum absolute atomic E-state index is 11.5. The molecule has 1 aliphatic rings. The van der Waals surface area contributed by atoms with Crippen LogP contribution in [-0.4, -0.2) is 45.7 Å². The second-order valence-corrected chi connectivity index (χ2v) is 3.74. The third-order valence-corrected chi connectivity index (χ3v) is 2.51. The molecule has 0 bridgehead atoms. The normalized spacial score (nSPS) is 26.9. The van der Waals surface area contributed by atoms with Crippen molar-refractivity contribution in [3.63, 3.8) is 0 Å². The first-order chi connectivity index (χ1) is 7.00. The van der Waals surface area contributed by atoms with Gasteiger partial charge in [0.2, 0.25) is 5.91 Å². The lowest BCUT2D eigenvalue weighted by molar-refractivity contribution is -0.134. The van der Waals surface area contributed by atoms with E-state index in [0.717, 1.165) is 18.6 Å². The van der Waals surface area contributed by atoms with Gasteiger partial charge in [-0.1, -0.05) is 0 Å². The highest BCUT2D eigenvalue weighted by atomic mass is 16.4. The first kappa shape index (κ1) is 11.7. The van der Waals surface area contributed by atoms with Crippen LogP contribution in [0.25, 0.3) is 0 Å². The number of carboxylic acids is 1. The van der Waals surface area contributed by atoms with Crippen LogP contribution in [0.3, 0.4) is 0 Å². The molecule has 5 nitrogen and oxygen atoms in total. The summed E-state index contributed by atoms with van der Waals surface area (Å²) in [7, 11) is 0. The number of piperidine rings is 1. The van der Waals surface area contributed by atoms with Crippen LogP contribution >= 0.6 is 0 Å². The van der Waals surface area contributed by atoms with Gasteiger partial charge < -0.3 is 15.1 Å². The van der Waals surface area contributed by atoms with Gasteiger partial charge in [0.15, 0.2) is 0 Å². The van der Waals surface area contributed by atoms with Crippen LogP contribution in [0.5, 0.6) is 0 Å². The number of aliphatic carboxylic acids is 1. The predicted molar refractivity (Wildman–Crippen MR) is 53.2 cm³/mol. The van der Waals surface area contributed by atoms with Gasteiger partial charge in [0.1, 0.15) is 0 Å². The average Bonchev–Trinajstić information content (AvgIpc) is 2.18. The first-order valence-corrected chi connectivity index (χ1v) is 4.90. The molecule has 1 saturated heterocycles. The number of nitrogens with zero attached hydrogens (tertiary/aromatic N) is 1. The molecule has 1 aliphatic heterocycles. The van der Waals surface area contributed by atoms with E-state index in [2.05, 4.69) is 0 Å². The number of hydrogen-bond donors (Lipinski definition) is 2. The van der Waals surface area contributed by atoms with Crippen molar-refractivity contribution < 1.29 is 19.8 Å². The summed E-state index contributed by atoms with van der Waals surface area (Å²) in [5.74, 6) is -1.50. The monoisotopic (exact) mass is 213 g/mol. The Labute approximate surface area is 88.0 Å². The Morgan fingerprint density at radius 3 is 2.60 bits per heavy atom. The standard InChI is InChI=1S/C10H15NO4/c1-7-2-3-8(12)6-11(7)9(13)4-5-10(14)15/h4-5,7-8,12H,2-3,6H2,1H3,(H,14,15)/b5-4+. The van der Waals surface area contributed by atoms with E-state index >= 15 is 0 Å². The number of likely N-dealkylation sites (tertiary alicyclic amines) is 1. The lowest BCUT2D eigenvalue weighted by atomic mass is 10.0. The Balaban J connectivity index is 2.60. The molecule has 0 saturated carbocycles. The fourth-order valence-corrected chi connectivity index (χ4v) is 1.63. The fraction of sp³-hybridized carbons (Fsp3) is 0.600. The number of aliphatic hydroxyl groups is 1. The molecule has 0 aromatic rings. The molecular formula is C10H15NO4. The lowest BCUT2D eigenvalue weighted by Gasteiger charge is -2.35. The van der Waals surface area contributed by atoms with Gasteiger partial charge in [-0.25, -0.2) is 4.79 Å². The molecule has 1 amide bonds. The zero-order valence-electron chi connectivity index (χ0n) is 8.59. The molecule has 0 radical (unpaired) electrons. The van der Waals surface area contributed by atoms with Crippen LogP contribution in [-0.2, 0) is 9.59 Å².